The molecule has 4 aromatic carbocycles. The maximum absolute atomic E-state index is 12.7. The zero-order valence-corrected chi connectivity index (χ0v) is 31.0. The van der Waals surface area contributed by atoms with E-state index in [1.54, 1.807) is 6.08 Å². The second kappa shape index (κ2) is 20.2. The van der Waals surface area contributed by atoms with E-state index in [2.05, 4.69) is 39.8 Å². The van der Waals surface area contributed by atoms with Crippen molar-refractivity contribution >= 4 is 5.78 Å². The van der Waals surface area contributed by atoms with Gasteiger partial charge in [0.25, 0.3) is 0 Å². The number of aliphatic hydroxyl groups excluding tert-OH is 1. The van der Waals surface area contributed by atoms with Gasteiger partial charge >= 0.3 is 0 Å². The van der Waals surface area contributed by atoms with E-state index in [0.717, 1.165) is 40.7 Å². The molecule has 6 rings (SSSR count). The van der Waals surface area contributed by atoms with Crippen molar-refractivity contribution in [2.45, 2.75) is 97.5 Å². The van der Waals surface area contributed by atoms with Crippen LogP contribution in [0.2, 0.25) is 0 Å². The molecule has 52 heavy (non-hydrogen) atoms. The summed E-state index contributed by atoms with van der Waals surface area (Å²) in [4.78, 5) is 12.7. The molecule has 1 N–H and O–H groups in total. The van der Waals surface area contributed by atoms with Gasteiger partial charge in [0.05, 0.1) is 38.6 Å². The van der Waals surface area contributed by atoms with Crippen LogP contribution in [-0.4, -0.2) is 41.4 Å². The van der Waals surface area contributed by atoms with Crippen LogP contribution in [0, 0.1) is 11.8 Å². The van der Waals surface area contributed by atoms with Crippen LogP contribution < -0.4 is 0 Å². The van der Waals surface area contributed by atoms with E-state index in [1.165, 1.54) is 5.57 Å². The van der Waals surface area contributed by atoms with E-state index in [1.807, 2.05) is 115 Å². The minimum Gasteiger partial charge on any atom is -0.386 e. The molecular weight excluding hydrogens is 649 g/mol. The Morgan fingerprint density at radius 2 is 0.865 bits per heavy atom. The average molecular weight is 703 g/mol. The molecule has 7 atom stereocenters. The summed E-state index contributed by atoms with van der Waals surface area (Å²) in [5.41, 5.74) is 6.74. The lowest BCUT2D eigenvalue weighted by molar-refractivity contribution is -0.147. The third kappa shape index (κ3) is 10.9. The number of carbonyl (C=O) groups excluding carboxylic acids is 1. The van der Waals surface area contributed by atoms with Crippen LogP contribution in [0.25, 0.3) is 0 Å². The molecule has 0 unspecified atom stereocenters. The van der Waals surface area contributed by atoms with Crippen molar-refractivity contribution in [2.24, 2.45) is 11.8 Å². The molecule has 6 nitrogen and oxygen atoms in total. The predicted molar refractivity (Wildman–Crippen MR) is 206 cm³/mol. The summed E-state index contributed by atoms with van der Waals surface area (Å²) in [5.74, 6) is 0.379. The van der Waals surface area contributed by atoms with Crippen molar-refractivity contribution in [1.82, 2.24) is 0 Å². The number of hydrogen-bond donors (Lipinski definition) is 1. The number of aliphatic hydroxyl groups is 1. The molecule has 0 saturated carbocycles. The molecule has 0 aromatic heterocycles. The third-order valence-corrected chi connectivity index (χ3v) is 10.1. The molecule has 6 heteroatoms. The Kier molecular flexibility index (Phi) is 15.1. The van der Waals surface area contributed by atoms with Gasteiger partial charge < -0.3 is 24.1 Å². The lowest BCUT2D eigenvalue weighted by Gasteiger charge is -2.39. The second-order valence-corrected chi connectivity index (χ2v) is 13.6. The first-order valence-electron chi connectivity index (χ1n) is 18.6. The smallest absolute Gasteiger partial charge is 0.187 e. The van der Waals surface area contributed by atoms with Crippen molar-refractivity contribution in [3.63, 3.8) is 0 Å². The molecule has 0 amide bonds. The minimum absolute atomic E-state index is 0.00828. The van der Waals surface area contributed by atoms with Gasteiger partial charge in [-0.1, -0.05) is 166 Å². The van der Waals surface area contributed by atoms with Crippen LogP contribution in [-0.2, 0) is 50.2 Å². The molecule has 0 bridgehead atoms. The van der Waals surface area contributed by atoms with E-state index < -0.39 is 12.2 Å². The van der Waals surface area contributed by atoms with Gasteiger partial charge in [0, 0.05) is 11.8 Å². The van der Waals surface area contributed by atoms with Gasteiger partial charge in [-0.15, -0.1) is 0 Å². The maximum atomic E-state index is 12.7. The summed E-state index contributed by atoms with van der Waals surface area (Å²) < 4.78 is 24.6. The monoisotopic (exact) mass is 702 g/mol. The fourth-order valence-corrected chi connectivity index (χ4v) is 6.95. The van der Waals surface area contributed by atoms with Gasteiger partial charge in [0.15, 0.2) is 5.78 Å². The molecule has 0 aliphatic heterocycles. The Labute approximate surface area is 310 Å². The van der Waals surface area contributed by atoms with E-state index in [-0.39, 0.29) is 35.9 Å². The number of hydrogen-bond acceptors (Lipinski definition) is 6. The molecule has 0 saturated heterocycles. The summed E-state index contributed by atoms with van der Waals surface area (Å²) in [5, 5.41) is 10.7. The van der Waals surface area contributed by atoms with Crippen LogP contribution >= 0.6 is 0 Å². The van der Waals surface area contributed by atoms with Gasteiger partial charge in [0.2, 0.25) is 0 Å². The standard InChI is InChI=1S/C23H28O3.C23H26O3/c2*1-3-20-14-21(24)23(26-16-19-12-8-5-9-13-19)22(17(20)2)25-15-18-10-6-4-7-11-18/h4-14,17,21-24H,3,15-16H2,1-2H3;4-14,17,22-23H,3,15-16H2,1-2H3/t17-,21+,22+,23+;17-,22+,23+/m11/s1. The van der Waals surface area contributed by atoms with Crippen LogP contribution in [0.1, 0.15) is 62.8 Å². The van der Waals surface area contributed by atoms with Crippen molar-refractivity contribution in [2.75, 3.05) is 0 Å². The lowest BCUT2D eigenvalue weighted by atomic mass is 9.82. The molecule has 0 spiro atoms. The van der Waals surface area contributed by atoms with Crippen LogP contribution in [0.3, 0.4) is 0 Å². The highest BCUT2D eigenvalue weighted by Crippen LogP contribution is 2.33. The predicted octanol–water partition coefficient (Wildman–Crippen LogP) is 9.22. The normalized spacial score (nSPS) is 24.3. The topological polar surface area (TPSA) is 74.2 Å². The lowest BCUT2D eigenvalue weighted by Crippen LogP contribution is -2.47. The molecule has 2 aliphatic carbocycles. The van der Waals surface area contributed by atoms with E-state index >= 15 is 0 Å². The Morgan fingerprint density at radius 3 is 1.29 bits per heavy atom. The summed E-state index contributed by atoms with van der Waals surface area (Å²) in [6, 6.07) is 40.2. The minimum atomic E-state index is -0.648. The van der Waals surface area contributed by atoms with E-state index in [9.17, 15) is 9.90 Å². The van der Waals surface area contributed by atoms with Gasteiger partial charge in [0.1, 0.15) is 18.3 Å². The van der Waals surface area contributed by atoms with Crippen LogP contribution in [0.4, 0.5) is 0 Å². The fraction of sp³-hybridized carbons (Fsp3) is 0.370. The van der Waals surface area contributed by atoms with Crippen molar-refractivity contribution in [3.8, 4) is 0 Å². The third-order valence-electron chi connectivity index (χ3n) is 10.1. The number of benzene rings is 4. The van der Waals surface area contributed by atoms with Crippen LogP contribution in [0.5, 0.6) is 0 Å². The Bertz CT molecular complexity index is 1690. The first-order valence-corrected chi connectivity index (χ1v) is 18.6. The SMILES string of the molecule is CCC1=CC(=O)[C@H](OCc2ccccc2)[C@@H](OCc2ccccc2)[C@@H]1C.CCC1=C[C@H](O)[C@H](OCc2ccccc2)[C@@H](OCc2ccccc2)[C@@H]1C. The molecule has 0 radical (unpaired) electrons. The Morgan fingerprint density at radius 1 is 0.500 bits per heavy atom. The molecule has 0 heterocycles. The van der Waals surface area contributed by atoms with Gasteiger partial charge in [-0.3, -0.25) is 4.79 Å². The first kappa shape index (κ1) is 39.0. The van der Waals surface area contributed by atoms with Crippen LogP contribution in [0.15, 0.2) is 145 Å². The van der Waals surface area contributed by atoms with Gasteiger partial charge in [-0.2, -0.15) is 0 Å². The summed E-state index contributed by atoms with van der Waals surface area (Å²) in [6.45, 7) is 10.4. The number of rotatable bonds is 14. The summed E-state index contributed by atoms with van der Waals surface area (Å²) >= 11 is 0. The summed E-state index contributed by atoms with van der Waals surface area (Å²) in [6.07, 6.45) is 3.43. The molecule has 0 fully saturated rings. The maximum Gasteiger partial charge on any atom is 0.187 e. The number of ketones is 1. The molecule has 4 aromatic rings. The van der Waals surface area contributed by atoms with Crippen molar-refractivity contribution in [3.05, 3.63) is 167 Å². The number of carbonyl (C=O) groups is 1. The fourth-order valence-electron chi connectivity index (χ4n) is 6.95. The largest absolute Gasteiger partial charge is 0.386 e. The average Bonchev–Trinajstić information content (AvgIpc) is 3.19. The zero-order valence-electron chi connectivity index (χ0n) is 31.0. The van der Waals surface area contributed by atoms with Crippen molar-refractivity contribution in [1.29, 1.82) is 0 Å². The number of ether oxygens (including phenoxy) is 4. The first-order chi connectivity index (χ1) is 25.4. The highest BCUT2D eigenvalue weighted by molar-refractivity contribution is 5.96. The summed E-state index contributed by atoms with van der Waals surface area (Å²) in [7, 11) is 0. The second-order valence-electron chi connectivity index (χ2n) is 13.6. The van der Waals surface area contributed by atoms with Gasteiger partial charge in [-0.25, -0.2) is 0 Å². The van der Waals surface area contributed by atoms with Crippen molar-refractivity contribution < 1.29 is 28.8 Å². The molecule has 2 aliphatic rings. The Balaban J connectivity index is 0.000000201. The molecular formula is C46H54O6. The highest BCUT2D eigenvalue weighted by atomic mass is 16.6. The highest BCUT2D eigenvalue weighted by Gasteiger charge is 2.39. The van der Waals surface area contributed by atoms with E-state index in [0.29, 0.717) is 26.4 Å². The Hall–Kier alpha value is -4.17. The zero-order chi connectivity index (χ0) is 36.7. The van der Waals surface area contributed by atoms with Gasteiger partial charge in [-0.05, 0) is 41.2 Å². The van der Waals surface area contributed by atoms with E-state index in [4.69, 9.17) is 18.9 Å². The quantitative estimate of drug-likeness (QED) is 0.132. The molecule has 274 valence electrons.